The zero-order chi connectivity index (χ0) is 16.9. The van der Waals surface area contributed by atoms with E-state index >= 15 is 0 Å². The Bertz CT molecular complexity index is 624. The van der Waals surface area contributed by atoms with Gasteiger partial charge in [-0.2, -0.15) is 0 Å². The van der Waals surface area contributed by atoms with Crippen LogP contribution in [0.15, 0.2) is 23.1 Å². The Morgan fingerprint density at radius 3 is 2.32 bits per heavy atom. The van der Waals surface area contributed by atoms with Gasteiger partial charge in [-0.1, -0.05) is 0 Å². The molecule has 1 aromatic carbocycles. The topological polar surface area (TPSA) is 84.5 Å². The fourth-order valence-electron chi connectivity index (χ4n) is 1.85. The van der Waals surface area contributed by atoms with Crippen molar-refractivity contribution in [2.45, 2.75) is 51.6 Å². The fourth-order valence-corrected chi connectivity index (χ4v) is 3.27. The molecular formula is C15H24N2O4S. The van der Waals surface area contributed by atoms with Gasteiger partial charge in [-0.05, 0) is 52.8 Å². The minimum atomic E-state index is -3.75. The van der Waals surface area contributed by atoms with Crippen LogP contribution in [0.1, 0.15) is 45.0 Å². The van der Waals surface area contributed by atoms with Crippen LogP contribution in [0.25, 0.3) is 0 Å². The van der Waals surface area contributed by atoms with Gasteiger partial charge in [0, 0.05) is 17.6 Å². The van der Waals surface area contributed by atoms with Crippen LogP contribution in [0, 0.1) is 0 Å². The number of rotatable bonds is 7. The Balaban J connectivity index is 3.29. The van der Waals surface area contributed by atoms with Crippen LogP contribution in [0.5, 0.6) is 5.75 Å². The minimum absolute atomic E-state index is 0.0283. The van der Waals surface area contributed by atoms with Gasteiger partial charge in [-0.3, -0.25) is 4.79 Å². The highest BCUT2D eigenvalue weighted by Crippen LogP contribution is 2.25. The largest absolute Gasteiger partial charge is 0.492 e. The molecule has 0 saturated heterocycles. The number of amides is 1. The second kappa shape index (κ2) is 7.60. The van der Waals surface area contributed by atoms with Crippen molar-refractivity contribution in [1.29, 1.82) is 0 Å². The van der Waals surface area contributed by atoms with E-state index in [0.717, 1.165) is 0 Å². The van der Waals surface area contributed by atoms with Gasteiger partial charge in [0.2, 0.25) is 10.0 Å². The molecule has 0 aliphatic carbocycles. The lowest BCUT2D eigenvalue weighted by atomic mass is 10.2. The van der Waals surface area contributed by atoms with E-state index in [2.05, 4.69) is 10.0 Å². The first-order valence-corrected chi connectivity index (χ1v) is 8.75. The van der Waals surface area contributed by atoms with Crippen molar-refractivity contribution in [2.75, 3.05) is 6.61 Å². The van der Waals surface area contributed by atoms with E-state index in [-0.39, 0.29) is 34.2 Å². The Morgan fingerprint density at radius 2 is 1.82 bits per heavy atom. The number of hydrogen-bond acceptors (Lipinski definition) is 4. The van der Waals surface area contributed by atoms with Crippen molar-refractivity contribution in [3.63, 3.8) is 0 Å². The lowest BCUT2D eigenvalue weighted by Gasteiger charge is -2.15. The average Bonchev–Trinajstić information content (AvgIpc) is 2.36. The van der Waals surface area contributed by atoms with E-state index in [1.807, 2.05) is 13.8 Å². The molecule has 0 saturated carbocycles. The summed E-state index contributed by atoms with van der Waals surface area (Å²) >= 11 is 0. The third-order valence-electron chi connectivity index (χ3n) is 2.61. The summed E-state index contributed by atoms with van der Waals surface area (Å²) in [7, 11) is -3.75. The number of benzene rings is 1. The first-order chi connectivity index (χ1) is 10.2. The molecule has 0 spiro atoms. The average molecular weight is 328 g/mol. The van der Waals surface area contributed by atoms with Crippen LogP contribution < -0.4 is 14.8 Å². The van der Waals surface area contributed by atoms with Gasteiger partial charge in [-0.15, -0.1) is 0 Å². The summed E-state index contributed by atoms with van der Waals surface area (Å²) in [6, 6.07) is 4.11. The van der Waals surface area contributed by atoms with Crippen LogP contribution in [-0.2, 0) is 10.0 Å². The highest BCUT2D eigenvalue weighted by Gasteiger charge is 2.22. The third-order valence-corrected chi connectivity index (χ3v) is 4.29. The molecule has 0 aromatic heterocycles. The molecule has 1 rings (SSSR count). The number of hydrogen-bond donors (Lipinski definition) is 2. The SMILES string of the molecule is CCOc1ccc(C(=O)NC(C)C)cc1S(=O)(=O)NC(C)C. The molecule has 0 aliphatic rings. The van der Waals surface area contributed by atoms with Gasteiger partial charge in [0.15, 0.2) is 0 Å². The summed E-state index contributed by atoms with van der Waals surface area (Å²) in [5, 5.41) is 2.73. The zero-order valence-corrected chi connectivity index (χ0v) is 14.5. The van der Waals surface area contributed by atoms with Crippen molar-refractivity contribution in [3.05, 3.63) is 23.8 Å². The predicted octanol–water partition coefficient (Wildman–Crippen LogP) is 1.91. The summed E-state index contributed by atoms with van der Waals surface area (Å²) in [6.45, 7) is 9.24. The summed E-state index contributed by atoms with van der Waals surface area (Å²) in [5.41, 5.74) is 0.279. The summed E-state index contributed by atoms with van der Waals surface area (Å²) in [5.74, 6) is -0.0872. The molecule has 2 N–H and O–H groups in total. The molecule has 0 heterocycles. The van der Waals surface area contributed by atoms with Crippen LogP contribution in [0.3, 0.4) is 0 Å². The van der Waals surface area contributed by atoms with Crippen molar-refractivity contribution in [2.24, 2.45) is 0 Å². The number of nitrogens with one attached hydrogen (secondary N) is 2. The molecule has 0 atom stereocenters. The van der Waals surface area contributed by atoms with Gasteiger partial charge in [-0.25, -0.2) is 13.1 Å². The van der Waals surface area contributed by atoms with Gasteiger partial charge in [0.05, 0.1) is 6.61 Å². The molecule has 6 nitrogen and oxygen atoms in total. The van der Waals surface area contributed by atoms with Crippen molar-refractivity contribution in [3.8, 4) is 5.75 Å². The number of ether oxygens (including phenoxy) is 1. The Kier molecular flexibility index (Phi) is 6.37. The summed E-state index contributed by atoms with van der Waals surface area (Å²) < 4.78 is 32.7. The van der Waals surface area contributed by atoms with Crippen LogP contribution in [-0.4, -0.2) is 33.0 Å². The molecule has 124 valence electrons. The van der Waals surface area contributed by atoms with Crippen LogP contribution >= 0.6 is 0 Å². The van der Waals surface area contributed by atoms with E-state index in [0.29, 0.717) is 6.61 Å². The quantitative estimate of drug-likeness (QED) is 0.801. The molecule has 0 bridgehead atoms. The maximum Gasteiger partial charge on any atom is 0.251 e. The van der Waals surface area contributed by atoms with E-state index in [9.17, 15) is 13.2 Å². The molecule has 1 amide bonds. The standard InChI is InChI=1S/C15H24N2O4S/c1-6-21-13-8-7-12(15(18)16-10(2)3)9-14(13)22(19,20)17-11(4)5/h7-11,17H,6H2,1-5H3,(H,16,18). The minimum Gasteiger partial charge on any atom is -0.492 e. The van der Waals surface area contributed by atoms with Gasteiger partial charge >= 0.3 is 0 Å². The predicted molar refractivity (Wildman–Crippen MR) is 85.7 cm³/mol. The molecule has 0 radical (unpaired) electrons. The van der Waals surface area contributed by atoms with E-state index in [1.54, 1.807) is 26.8 Å². The van der Waals surface area contributed by atoms with Crippen molar-refractivity contribution >= 4 is 15.9 Å². The number of carbonyl (C=O) groups is 1. The highest BCUT2D eigenvalue weighted by molar-refractivity contribution is 7.89. The highest BCUT2D eigenvalue weighted by atomic mass is 32.2. The molecule has 0 aliphatic heterocycles. The molecule has 0 unspecified atom stereocenters. The van der Waals surface area contributed by atoms with Gasteiger partial charge < -0.3 is 10.1 Å². The van der Waals surface area contributed by atoms with Crippen LogP contribution in [0.4, 0.5) is 0 Å². The summed E-state index contributed by atoms with van der Waals surface area (Å²) in [4.78, 5) is 12.0. The lowest BCUT2D eigenvalue weighted by Crippen LogP contribution is -2.32. The van der Waals surface area contributed by atoms with Crippen molar-refractivity contribution < 1.29 is 17.9 Å². The van der Waals surface area contributed by atoms with E-state index in [4.69, 9.17) is 4.74 Å². The van der Waals surface area contributed by atoms with Gasteiger partial charge in [0.1, 0.15) is 10.6 Å². The molecule has 7 heteroatoms. The van der Waals surface area contributed by atoms with Crippen LogP contribution in [0.2, 0.25) is 0 Å². The molecular weight excluding hydrogens is 304 g/mol. The second-order valence-electron chi connectivity index (χ2n) is 5.50. The number of carbonyl (C=O) groups excluding carboxylic acids is 1. The first-order valence-electron chi connectivity index (χ1n) is 7.27. The third kappa shape index (κ3) is 4.99. The summed E-state index contributed by atoms with van der Waals surface area (Å²) in [6.07, 6.45) is 0. The fraction of sp³-hybridized carbons (Fsp3) is 0.533. The Morgan fingerprint density at radius 1 is 1.18 bits per heavy atom. The molecule has 1 aromatic rings. The monoisotopic (exact) mass is 328 g/mol. The first kappa shape index (κ1) is 18.4. The maximum absolute atomic E-state index is 12.4. The zero-order valence-electron chi connectivity index (χ0n) is 13.6. The molecule has 0 fully saturated rings. The maximum atomic E-state index is 12.4. The smallest absolute Gasteiger partial charge is 0.251 e. The van der Waals surface area contributed by atoms with E-state index < -0.39 is 10.0 Å². The van der Waals surface area contributed by atoms with Gasteiger partial charge in [0.25, 0.3) is 5.91 Å². The normalized spacial score (nSPS) is 11.8. The Hall–Kier alpha value is -1.60. The van der Waals surface area contributed by atoms with Crippen molar-refractivity contribution in [1.82, 2.24) is 10.0 Å². The number of sulfonamides is 1. The molecule has 22 heavy (non-hydrogen) atoms. The Labute approximate surface area is 132 Å². The second-order valence-corrected chi connectivity index (χ2v) is 7.18. The lowest BCUT2D eigenvalue weighted by molar-refractivity contribution is 0.0943. The van der Waals surface area contributed by atoms with E-state index in [1.165, 1.54) is 12.1 Å².